The van der Waals surface area contributed by atoms with Crippen molar-refractivity contribution in [1.82, 2.24) is 4.98 Å². The molecule has 0 bridgehead atoms. The molecule has 0 aliphatic carbocycles. The van der Waals surface area contributed by atoms with Crippen molar-refractivity contribution in [2.24, 2.45) is 0 Å². The van der Waals surface area contributed by atoms with Crippen LogP contribution in [0.4, 0.5) is 5.13 Å². The quantitative estimate of drug-likeness (QED) is 0.723. The van der Waals surface area contributed by atoms with Crippen molar-refractivity contribution in [1.29, 1.82) is 0 Å². The Morgan fingerprint density at radius 1 is 1.24 bits per heavy atom. The SMILES string of the molecule is COc1ccc(OC)c(Cc2ccc(C(=O)Nc3nc(C)cs3)o2)c1. The molecule has 0 fully saturated rings. The van der Waals surface area contributed by atoms with E-state index in [0.29, 0.717) is 17.3 Å². The molecule has 0 spiro atoms. The Bertz CT molecular complexity index is 885. The Hall–Kier alpha value is -2.80. The third-order valence-electron chi connectivity index (χ3n) is 3.58. The number of hydrogen-bond donors (Lipinski definition) is 1. The average Bonchev–Trinajstić information content (AvgIpc) is 3.24. The number of hydrogen-bond acceptors (Lipinski definition) is 6. The monoisotopic (exact) mass is 358 g/mol. The van der Waals surface area contributed by atoms with Crippen LogP contribution in [0, 0.1) is 6.92 Å². The first-order valence-electron chi connectivity index (χ1n) is 7.62. The molecule has 0 unspecified atom stereocenters. The standard InChI is InChI=1S/C18H18N2O4S/c1-11-10-25-18(19-11)20-17(21)16-7-5-14(24-16)9-12-8-13(22-2)4-6-15(12)23-3/h4-8,10H,9H2,1-3H3,(H,19,20,21). The van der Waals surface area contributed by atoms with E-state index in [1.54, 1.807) is 26.4 Å². The number of anilines is 1. The molecule has 1 N–H and O–H groups in total. The molecule has 0 saturated carbocycles. The summed E-state index contributed by atoms with van der Waals surface area (Å²) in [5.41, 5.74) is 1.78. The van der Waals surface area contributed by atoms with Crippen LogP contribution in [0.3, 0.4) is 0 Å². The Balaban J connectivity index is 1.74. The van der Waals surface area contributed by atoms with E-state index < -0.39 is 0 Å². The lowest BCUT2D eigenvalue weighted by Gasteiger charge is -2.09. The van der Waals surface area contributed by atoms with Crippen molar-refractivity contribution in [2.45, 2.75) is 13.3 Å². The minimum absolute atomic E-state index is 0.240. The number of thiazole rings is 1. The highest BCUT2D eigenvalue weighted by molar-refractivity contribution is 7.13. The number of ether oxygens (including phenoxy) is 2. The molecule has 0 atom stereocenters. The zero-order valence-corrected chi connectivity index (χ0v) is 15.0. The second-order valence-corrected chi connectivity index (χ2v) is 6.23. The maximum Gasteiger partial charge on any atom is 0.293 e. The predicted octanol–water partition coefficient (Wildman–Crippen LogP) is 3.90. The molecule has 6 nitrogen and oxygen atoms in total. The van der Waals surface area contributed by atoms with Gasteiger partial charge in [0.25, 0.3) is 5.91 Å². The fourth-order valence-electron chi connectivity index (χ4n) is 2.37. The highest BCUT2D eigenvalue weighted by atomic mass is 32.1. The molecule has 7 heteroatoms. The lowest BCUT2D eigenvalue weighted by molar-refractivity contribution is 0.0995. The topological polar surface area (TPSA) is 73.6 Å². The molecule has 0 radical (unpaired) electrons. The highest BCUT2D eigenvalue weighted by Crippen LogP contribution is 2.27. The third-order valence-corrected chi connectivity index (χ3v) is 4.45. The molecule has 2 heterocycles. The summed E-state index contributed by atoms with van der Waals surface area (Å²) in [6.07, 6.45) is 0.490. The van der Waals surface area contributed by atoms with Gasteiger partial charge in [0.1, 0.15) is 17.3 Å². The van der Waals surface area contributed by atoms with Crippen molar-refractivity contribution in [2.75, 3.05) is 19.5 Å². The molecule has 3 rings (SSSR count). The number of carbonyl (C=O) groups is 1. The van der Waals surface area contributed by atoms with Gasteiger partial charge in [-0.15, -0.1) is 11.3 Å². The van der Waals surface area contributed by atoms with E-state index in [4.69, 9.17) is 13.9 Å². The van der Waals surface area contributed by atoms with Gasteiger partial charge in [-0.25, -0.2) is 4.98 Å². The fraction of sp³-hybridized carbons (Fsp3) is 0.222. The molecular formula is C18H18N2O4S. The molecule has 0 aliphatic rings. The zero-order valence-electron chi connectivity index (χ0n) is 14.2. The van der Waals surface area contributed by atoms with E-state index in [1.165, 1.54) is 11.3 Å². The van der Waals surface area contributed by atoms with E-state index in [-0.39, 0.29) is 11.7 Å². The summed E-state index contributed by atoms with van der Waals surface area (Å²) >= 11 is 1.38. The number of benzene rings is 1. The molecule has 0 aliphatic heterocycles. The molecule has 3 aromatic rings. The van der Waals surface area contributed by atoms with Gasteiger partial charge in [-0.1, -0.05) is 0 Å². The first-order chi connectivity index (χ1) is 12.1. The summed E-state index contributed by atoms with van der Waals surface area (Å²) in [4.78, 5) is 16.4. The summed E-state index contributed by atoms with van der Waals surface area (Å²) in [7, 11) is 3.23. The van der Waals surface area contributed by atoms with Crippen LogP contribution in [0.2, 0.25) is 0 Å². The van der Waals surface area contributed by atoms with Crippen molar-refractivity contribution in [3.8, 4) is 11.5 Å². The Kier molecular flexibility index (Phi) is 5.04. The van der Waals surface area contributed by atoms with Crippen molar-refractivity contribution in [3.05, 3.63) is 58.5 Å². The van der Waals surface area contributed by atoms with E-state index in [2.05, 4.69) is 10.3 Å². The normalized spacial score (nSPS) is 10.5. The third kappa shape index (κ3) is 4.00. The van der Waals surface area contributed by atoms with Gasteiger partial charge >= 0.3 is 0 Å². The summed E-state index contributed by atoms with van der Waals surface area (Å²) in [6, 6.07) is 8.99. The molecule has 2 aromatic heterocycles. The van der Waals surface area contributed by atoms with Crippen LogP contribution >= 0.6 is 11.3 Å². The summed E-state index contributed by atoms with van der Waals surface area (Å²) in [5, 5.41) is 5.15. The van der Waals surface area contributed by atoms with Crippen molar-refractivity contribution < 1.29 is 18.7 Å². The van der Waals surface area contributed by atoms with Gasteiger partial charge < -0.3 is 13.9 Å². The fourth-order valence-corrected chi connectivity index (χ4v) is 3.06. The number of carbonyl (C=O) groups excluding carboxylic acids is 1. The van der Waals surface area contributed by atoms with Crippen molar-refractivity contribution >= 4 is 22.4 Å². The second-order valence-electron chi connectivity index (χ2n) is 5.37. The summed E-state index contributed by atoms with van der Waals surface area (Å²) < 4.78 is 16.3. The van der Waals surface area contributed by atoms with Crippen molar-refractivity contribution in [3.63, 3.8) is 0 Å². The van der Waals surface area contributed by atoms with E-state index in [1.807, 2.05) is 30.5 Å². The number of furan rings is 1. The number of amides is 1. The first kappa shape index (κ1) is 17.0. The molecule has 1 aromatic carbocycles. The Labute approximate surface area is 149 Å². The number of nitrogens with one attached hydrogen (secondary N) is 1. The Morgan fingerprint density at radius 3 is 2.76 bits per heavy atom. The average molecular weight is 358 g/mol. The van der Waals surface area contributed by atoms with Crippen LogP contribution in [0.1, 0.15) is 27.6 Å². The summed E-state index contributed by atoms with van der Waals surface area (Å²) in [5.74, 6) is 2.05. The van der Waals surface area contributed by atoms with Gasteiger partial charge in [-0.05, 0) is 37.3 Å². The van der Waals surface area contributed by atoms with Gasteiger partial charge in [0.2, 0.25) is 0 Å². The van der Waals surface area contributed by atoms with Crippen LogP contribution in [0.15, 0.2) is 40.1 Å². The van der Waals surface area contributed by atoms with E-state index >= 15 is 0 Å². The van der Waals surface area contributed by atoms with Gasteiger partial charge in [-0.3, -0.25) is 10.1 Å². The Morgan fingerprint density at radius 2 is 2.08 bits per heavy atom. The van der Waals surface area contributed by atoms with Crippen LogP contribution in [-0.2, 0) is 6.42 Å². The van der Waals surface area contributed by atoms with Crippen LogP contribution in [0.25, 0.3) is 0 Å². The molecule has 25 heavy (non-hydrogen) atoms. The smallest absolute Gasteiger partial charge is 0.293 e. The molecule has 0 saturated heterocycles. The second kappa shape index (κ2) is 7.40. The first-order valence-corrected chi connectivity index (χ1v) is 8.50. The minimum Gasteiger partial charge on any atom is -0.497 e. The number of rotatable bonds is 6. The lowest BCUT2D eigenvalue weighted by Crippen LogP contribution is -2.10. The molecule has 130 valence electrons. The van der Waals surface area contributed by atoms with E-state index in [0.717, 1.165) is 22.8 Å². The highest BCUT2D eigenvalue weighted by Gasteiger charge is 2.15. The number of aromatic nitrogens is 1. The summed E-state index contributed by atoms with van der Waals surface area (Å²) in [6.45, 7) is 1.87. The van der Waals surface area contributed by atoms with Gasteiger partial charge in [-0.2, -0.15) is 0 Å². The van der Waals surface area contributed by atoms with Gasteiger partial charge in [0.05, 0.1) is 19.9 Å². The van der Waals surface area contributed by atoms with Crippen LogP contribution < -0.4 is 14.8 Å². The lowest BCUT2D eigenvalue weighted by atomic mass is 10.1. The van der Waals surface area contributed by atoms with Crippen LogP contribution in [0.5, 0.6) is 11.5 Å². The van der Waals surface area contributed by atoms with Crippen LogP contribution in [-0.4, -0.2) is 25.1 Å². The molecular weight excluding hydrogens is 340 g/mol. The van der Waals surface area contributed by atoms with Gasteiger partial charge in [0, 0.05) is 17.4 Å². The van der Waals surface area contributed by atoms with E-state index in [9.17, 15) is 4.79 Å². The largest absolute Gasteiger partial charge is 0.497 e. The predicted molar refractivity (Wildman–Crippen MR) is 95.9 cm³/mol. The number of nitrogens with zero attached hydrogens (tertiary/aromatic N) is 1. The minimum atomic E-state index is -0.321. The zero-order chi connectivity index (χ0) is 17.8. The number of aryl methyl sites for hydroxylation is 1. The number of methoxy groups -OCH3 is 2. The van der Waals surface area contributed by atoms with Gasteiger partial charge in [0.15, 0.2) is 10.9 Å². The maximum atomic E-state index is 12.2. The maximum absolute atomic E-state index is 12.2. The molecule has 1 amide bonds.